The maximum Gasteiger partial charge on any atom is 0.153 e. The summed E-state index contributed by atoms with van der Waals surface area (Å²) >= 11 is 3.39. The number of aromatic nitrogens is 3. The SMILES string of the molecule is CCNC(CC)c1c(Br)nnn1C. The summed E-state index contributed by atoms with van der Waals surface area (Å²) in [5, 5.41) is 11.3. The molecule has 1 heterocycles. The highest BCUT2D eigenvalue weighted by Crippen LogP contribution is 2.22. The Morgan fingerprint density at radius 2 is 2.23 bits per heavy atom. The molecular weight excluding hydrogens is 232 g/mol. The van der Waals surface area contributed by atoms with Gasteiger partial charge in [-0.3, -0.25) is 0 Å². The minimum absolute atomic E-state index is 0.333. The number of hydrogen-bond acceptors (Lipinski definition) is 3. The highest BCUT2D eigenvalue weighted by atomic mass is 79.9. The highest BCUT2D eigenvalue weighted by molar-refractivity contribution is 9.10. The van der Waals surface area contributed by atoms with Crippen LogP contribution in [0.25, 0.3) is 0 Å². The van der Waals surface area contributed by atoms with Crippen LogP contribution in [0.15, 0.2) is 4.60 Å². The van der Waals surface area contributed by atoms with Gasteiger partial charge in [0.05, 0.1) is 11.7 Å². The van der Waals surface area contributed by atoms with E-state index in [-0.39, 0.29) is 0 Å². The molecule has 1 N–H and O–H groups in total. The second-order valence-corrected chi connectivity index (χ2v) is 3.66. The molecule has 0 amide bonds. The average molecular weight is 247 g/mol. The Labute approximate surface area is 86.8 Å². The predicted octanol–water partition coefficient (Wildman–Crippen LogP) is 1.64. The van der Waals surface area contributed by atoms with Crippen LogP contribution in [0.1, 0.15) is 32.0 Å². The molecule has 0 aliphatic heterocycles. The first-order valence-electron chi connectivity index (χ1n) is 4.49. The summed E-state index contributed by atoms with van der Waals surface area (Å²) in [6.07, 6.45) is 1.04. The first-order valence-corrected chi connectivity index (χ1v) is 5.28. The van der Waals surface area contributed by atoms with Gasteiger partial charge in [-0.1, -0.05) is 19.1 Å². The van der Waals surface area contributed by atoms with Gasteiger partial charge in [-0.05, 0) is 28.9 Å². The molecule has 1 aromatic heterocycles. The van der Waals surface area contributed by atoms with Crippen LogP contribution in [0.2, 0.25) is 0 Å². The standard InChI is InChI=1S/C8H15BrN4/c1-4-6(10-5-2)7-8(9)11-12-13(7)3/h6,10H,4-5H2,1-3H3. The number of nitrogens with one attached hydrogen (secondary N) is 1. The lowest BCUT2D eigenvalue weighted by molar-refractivity contribution is 0.495. The third kappa shape index (κ3) is 2.28. The molecule has 74 valence electrons. The number of nitrogens with zero attached hydrogens (tertiary/aromatic N) is 3. The molecule has 13 heavy (non-hydrogen) atoms. The van der Waals surface area contributed by atoms with Gasteiger partial charge < -0.3 is 5.32 Å². The molecule has 0 saturated heterocycles. The average Bonchev–Trinajstić information content (AvgIpc) is 2.43. The molecule has 0 aliphatic rings. The van der Waals surface area contributed by atoms with Crippen LogP contribution in [0.5, 0.6) is 0 Å². The molecule has 0 saturated carbocycles. The summed E-state index contributed by atoms with van der Waals surface area (Å²) < 4.78 is 2.64. The van der Waals surface area contributed by atoms with Gasteiger partial charge in [-0.15, -0.1) is 5.10 Å². The van der Waals surface area contributed by atoms with E-state index in [0.29, 0.717) is 6.04 Å². The third-order valence-electron chi connectivity index (χ3n) is 2.02. The smallest absolute Gasteiger partial charge is 0.153 e. The van der Waals surface area contributed by atoms with Gasteiger partial charge in [0.2, 0.25) is 0 Å². The zero-order chi connectivity index (χ0) is 9.84. The molecule has 1 unspecified atom stereocenters. The van der Waals surface area contributed by atoms with Gasteiger partial charge in [0.1, 0.15) is 0 Å². The highest BCUT2D eigenvalue weighted by Gasteiger charge is 2.16. The predicted molar refractivity (Wildman–Crippen MR) is 55.4 cm³/mol. The normalized spacial score (nSPS) is 13.2. The van der Waals surface area contributed by atoms with Crippen molar-refractivity contribution in [3.63, 3.8) is 0 Å². The monoisotopic (exact) mass is 246 g/mol. The maximum absolute atomic E-state index is 3.96. The quantitative estimate of drug-likeness (QED) is 0.879. The van der Waals surface area contributed by atoms with Crippen molar-refractivity contribution in [3.05, 3.63) is 10.3 Å². The van der Waals surface area contributed by atoms with Gasteiger partial charge in [0, 0.05) is 7.05 Å². The first kappa shape index (κ1) is 10.7. The van der Waals surface area contributed by atoms with Crippen molar-refractivity contribution in [2.24, 2.45) is 7.05 Å². The lowest BCUT2D eigenvalue weighted by Crippen LogP contribution is -2.22. The minimum atomic E-state index is 0.333. The molecule has 0 aliphatic carbocycles. The van der Waals surface area contributed by atoms with Gasteiger partial charge in [0.25, 0.3) is 0 Å². The molecule has 0 bridgehead atoms. The van der Waals surface area contributed by atoms with Crippen LogP contribution in [-0.2, 0) is 7.05 Å². The van der Waals surface area contributed by atoms with Gasteiger partial charge in [-0.2, -0.15) is 0 Å². The van der Waals surface area contributed by atoms with Crippen molar-refractivity contribution in [2.75, 3.05) is 6.54 Å². The Balaban J connectivity index is 2.89. The van der Waals surface area contributed by atoms with Crippen molar-refractivity contribution >= 4 is 15.9 Å². The van der Waals surface area contributed by atoms with Gasteiger partial charge in [-0.25, -0.2) is 4.68 Å². The minimum Gasteiger partial charge on any atom is -0.309 e. The Bertz CT molecular complexity index is 252. The van der Waals surface area contributed by atoms with Crippen LogP contribution in [-0.4, -0.2) is 21.5 Å². The van der Waals surface area contributed by atoms with E-state index in [9.17, 15) is 0 Å². The Morgan fingerprint density at radius 3 is 2.62 bits per heavy atom. The molecule has 0 fully saturated rings. The molecule has 0 aromatic carbocycles. The summed E-state index contributed by atoms with van der Waals surface area (Å²) in [7, 11) is 1.91. The lowest BCUT2D eigenvalue weighted by Gasteiger charge is -2.15. The summed E-state index contributed by atoms with van der Waals surface area (Å²) in [6, 6.07) is 0.333. The maximum atomic E-state index is 3.96. The fourth-order valence-electron chi connectivity index (χ4n) is 1.39. The number of halogens is 1. The fourth-order valence-corrected chi connectivity index (χ4v) is 1.99. The summed E-state index contributed by atoms with van der Waals surface area (Å²) in [6.45, 7) is 5.20. The lowest BCUT2D eigenvalue weighted by atomic mass is 10.1. The zero-order valence-electron chi connectivity index (χ0n) is 8.21. The summed E-state index contributed by atoms with van der Waals surface area (Å²) in [5.41, 5.74) is 1.12. The number of hydrogen-bond donors (Lipinski definition) is 1. The van der Waals surface area contributed by atoms with Crippen molar-refractivity contribution < 1.29 is 0 Å². The first-order chi connectivity index (χ1) is 6.20. The van der Waals surface area contributed by atoms with E-state index in [1.54, 1.807) is 4.68 Å². The van der Waals surface area contributed by atoms with Crippen molar-refractivity contribution in [1.82, 2.24) is 20.3 Å². The zero-order valence-corrected chi connectivity index (χ0v) is 9.80. The molecule has 0 radical (unpaired) electrons. The van der Waals surface area contributed by atoms with Crippen LogP contribution in [0, 0.1) is 0 Å². The van der Waals surface area contributed by atoms with Crippen LogP contribution in [0.4, 0.5) is 0 Å². The molecule has 1 atom stereocenters. The van der Waals surface area contributed by atoms with Crippen LogP contribution >= 0.6 is 15.9 Å². The van der Waals surface area contributed by atoms with E-state index in [2.05, 4.69) is 45.4 Å². The van der Waals surface area contributed by atoms with Crippen molar-refractivity contribution in [2.45, 2.75) is 26.3 Å². The number of aryl methyl sites for hydroxylation is 1. The summed E-state index contributed by atoms with van der Waals surface area (Å²) in [5.74, 6) is 0. The molecule has 4 nitrogen and oxygen atoms in total. The summed E-state index contributed by atoms with van der Waals surface area (Å²) in [4.78, 5) is 0. The van der Waals surface area contributed by atoms with Crippen molar-refractivity contribution in [1.29, 1.82) is 0 Å². The van der Waals surface area contributed by atoms with Gasteiger partial charge in [0.15, 0.2) is 4.60 Å². The topological polar surface area (TPSA) is 42.7 Å². The molecule has 1 rings (SSSR count). The van der Waals surface area contributed by atoms with E-state index in [1.165, 1.54) is 0 Å². The van der Waals surface area contributed by atoms with E-state index in [4.69, 9.17) is 0 Å². The number of rotatable bonds is 4. The molecule has 5 heteroatoms. The van der Waals surface area contributed by atoms with E-state index in [0.717, 1.165) is 23.3 Å². The van der Waals surface area contributed by atoms with E-state index in [1.807, 2.05) is 7.05 Å². The Kier molecular flexibility index (Phi) is 3.87. The molecular formula is C8H15BrN4. The second kappa shape index (κ2) is 4.72. The largest absolute Gasteiger partial charge is 0.309 e. The Morgan fingerprint density at radius 1 is 1.54 bits per heavy atom. The van der Waals surface area contributed by atoms with Gasteiger partial charge >= 0.3 is 0 Å². The van der Waals surface area contributed by atoms with Crippen LogP contribution < -0.4 is 5.32 Å². The molecule has 1 aromatic rings. The van der Waals surface area contributed by atoms with Crippen molar-refractivity contribution in [3.8, 4) is 0 Å². The van der Waals surface area contributed by atoms with E-state index >= 15 is 0 Å². The fraction of sp³-hybridized carbons (Fsp3) is 0.750. The van der Waals surface area contributed by atoms with Crippen LogP contribution in [0.3, 0.4) is 0 Å². The molecule has 0 spiro atoms. The van der Waals surface area contributed by atoms with E-state index < -0.39 is 0 Å². The second-order valence-electron chi connectivity index (χ2n) is 2.91. The third-order valence-corrected chi connectivity index (χ3v) is 2.58. The Hall–Kier alpha value is -0.420.